The molecule has 0 spiro atoms. The van der Waals surface area contributed by atoms with Gasteiger partial charge in [-0.2, -0.15) is 0 Å². The second-order valence-corrected chi connectivity index (χ2v) is 12.0. The first-order chi connectivity index (χ1) is 21.3. The molecule has 0 heterocycles. The predicted molar refractivity (Wildman–Crippen MR) is 179 cm³/mol. The van der Waals surface area contributed by atoms with Crippen LogP contribution in [0, 0.1) is 0 Å². The van der Waals surface area contributed by atoms with Crippen LogP contribution in [0.25, 0.3) is 0 Å². The molecule has 0 fully saturated rings. The summed E-state index contributed by atoms with van der Waals surface area (Å²) in [6, 6.07) is 0. The Kier molecular flexibility index (Phi) is 29.2. The molecule has 0 aromatic carbocycles. The highest BCUT2D eigenvalue weighted by molar-refractivity contribution is 7.46. The molecule has 0 aromatic rings. The second-order valence-electron chi connectivity index (χ2n) is 10.8. The predicted octanol–water partition coefficient (Wildman–Crippen LogP) is 9.39. The first-order valence-electron chi connectivity index (χ1n) is 16.6. The lowest BCUT2D eigenvalue weighted by atomic mass is 10.1. The maximum absolute atomic E-state index is 12.2. The second kappa shape index (κ2) is 30.8. The molecule has 0 aliphatic carbocycles. The molecule has 0 bridgehead atoms. The summed E-state index contributed by atoms with van der Waals surface area (Å²) in [5, 5.41) is 0. The third-order valence-corrected chi connectivity index (χ3v) is 7.07. The Bertz CT molecular complexity index is 900. The molecule has 0 saturated heterocycles. The van der Waals surface area contributed by atoms with E-state index in [1.54, 1.807) is 6.08 Å². The van der Waals surface area contributed by atoms with Crippen molar-refractivity contribution in [2.75, 3.05) is 13.2 Å². The molecule has 0 aliphatic rings. The fourth-order valence-corrected chi connectivity index (χ4v) is 4.51. The molecule has 0 aliphatic heterocycles. The van der Waals surface area contributed by atoms with Gasteiger partial charge in [0, 0.05) is 6.42 Å². The van der Waals surface area contributed by atoms with Crippen molar-refractivity contribution >= 4 is 19.8 Å². The summed E-state index contributed by atoms with van der Waals surface area (Å²) in [6.07, 6.45) is 36.9. The minimum absolute atomic E-state index is 0.0212. The van der Waals surface area contributed by atoms with Crippen molar-refractivity contribution in [3.05, 3.63) is 60.8 Å². The Morgan fingerprint density at radius 3 is 1.55 bits per heavy atom. The number of rotatable bonds is 29. The van der Waals surface area contributed by atoms with E-state index in [-0.39, 0.29) is 19.4 Å². The maximum atomic E-state index is 12.2. The van der Waals surface area contributed by atoms with Crippen molar-refractivity contribution in [1.29, 1.82) is 0 Å². The van der Waals surface area contributed by atoms with Crippen LogP contribution < -0.4 is 0 Å². The van der Waals surface area contributed by atoms with Crippen molar-refractivity contribution in [1.82, 2.24) is 0 Å². The third kappa shape index (κ3) is 32.7. The number of carbonyl (C=O) groups excluding carboxylic acids is 2. The van der Waals surface area contributed by atoms with E-state index >= 15 is 0 Å². The fourth-order valence-electron chi connectivity index (χ4n) is 4.15. The summed E-state index contributed by atoms with van der Waals surface area (Å²) in [6.45, 7) is 3.44. The first kappa shape index (κ1) is 41.8. The van der Waals surface area contributed by atoms with E-state index in [0.717, 1.165) is 38.5 Å². The first-order valence-corrected chi connectivity index (χ1v) is 18.1. The number of phosphoric acid groups is 1. The number of ether oxygens (including phenoxy) is 2. The summed E-state index contributed by atoms with van der Waals surface area (Å²) in [7, 11) is -4.77. The Balaban J connectivity index is 4.20. The summed E-state index contributed by atoms with van der Waals surface area (Å²) >= 11 is 0. The topological polar surface area (TPSA) is 119 Å². The number of carbonyl (C=O) groups is 2. The van der Waals surface area contributed by atoms with Crippen LogP contribution in [0.1, 0.15) is 129 Å². The number of allylic oxidation sites excluding steroid dienone is 9. The van der Waals surface area contributed by atoms with Gasteiger partial charge in [0.05, 0.1) is 13.0 Å². The van der Waals surface area contributed by atoms with Gasteiger partial charge in [0.1, 0.15) is 6.61 Å². The number of phosphoric ester groups is 1. The molecule has 0 aromatic heterocycles. The lowest BCUT2D eigenvalue weighted by Crippen LogP contribution is -2.29. The van der Waals surface area contributed by atoms with E-state index in [9.17, 15) is 14.2 Å². The van der Waals surface area contributed by atoms with Crippen molar-refractivity contribution in [2.24, 2.45) is 0 Å². The van der Waals surface area contributed by atoms with Crippen molar-refractivity contribution in [2.45, 2.75) is 136 Å². The van der Waals surface area contributed by atoms with Crippen LogP contribution in [0.3, 0.4) is 0 Å². The van der Waals surface area contributed by atoms with Gasteiger partial charge in [0.2, 0.25) is 0 Å². The minimum Gasteiger partial charge on any atom is -0.462 e. The molecule has 0 rings (SSSR count). The van der Waals surface area contributed by atoms with Crippen LogP contribution in [0.15, 0.2) is 60.8 Å². The maximum Gasteiger partial charge on any atom is 0.469 e. The molecule has 2 N–H and O–H groups in total. The summed E-state index contributed by atoms with van der Waals surface area (Å²) < 4.78 is 26.1. The zero-order valence-corrected chi connectivity index (χ0v) is 28.2. The van der Waals surface area contributed by atoms with E-state index in [1.807, 2.05) is 18.2 Å². The van der Waals surface area contributed by atoms with Gasteiger partial charge in [0.25, 0.3) is 0 Å². The Morgan fingerprint density at radius 2 is 1.07 bits per heavy atom. The van der Waals surface area contributed by atoms with Crippen molar-refractivity contribution in [3.63, 3.8) is 0 Å². The normalized spacial score (nSPS) is 13.3. The largest absolute Gasteiger partial charge is 0.469 e. The van der Waals surface area contributed by atoms with Crippen molar-refractivity contribution in [3.8, 4) is 0 Å². The molecule has 0 radical (unpaired) electrons. The van der Waals surface area contributed by atoms with Crippen LogP contribution in [-0.2, 0) is 28.2 Å². The van der Waals surface area contributed by atoms with E-state index in [4.69, 9.17) is 19.3 Å². The molecule has 252 valence electrons. The average molecular weight is 639 g/mol. The zero-order chi connectivity index (χ0) is 32.6. The monoisotopic (exact) mass is 638 g/mol. The fraction of sp³-hybridized carbons (Fsp3) is 0.657. The van der Waals surface area contributed by atoms with E-state index in [1.165, 1.54) is 51.4 Å². The summed E-state index contributed by atoms with van der Waals surface area (Å²) in [4.78, 5) is 42.4. The molecule has 9 heteroatoms. The number of hydrogen-bond donors (Lipinski definition) is 2. The van der Waals surface area contributed by atoms with Crippen LogP contribution in [-0.4, -0.2) is 41.0 Å². The van der Waals surface area contributed by atoms with Gasteiger partial charge in [-0.3, -0.25) is 14.1 Å². The smallest absolute Gasteiger partial charge is 0.462 e. The van der Waals surface area contributed by atoms with E-state index < -0.39 is 32.5 Å². The van der Waals surface area contributed by atoms with Crippen LogP contribution in [0.5, 0.6) is 0 Å². The third-order valence-electron chi connectivity index (χ3n) is 6.58. The van der Waals surface area contributed by atoms with Gasteiger partial charge < -0.3 is 19.3 Å². The van der Waals surface area contributed by atoms with Crippen LogP contribution >= 0.6 is 7.82 Å². The molecule has 1 atom stereocenters. The zero-order valence-electron chi connectivity index (χ0n) is 27.3. The molecule has 44 heavy (non-hydrogen) atoms. The lowest BCUT2D eigenvalue weighted by molar-refractivity contribution is -0.160. The summed E-state index contributed by atoms with van der Waals surface area (Å²) in [5.74, 6) is -1.04. The molecule has 0 saturated carbocycles. The van der Waals surface area contributed by atoms with Gasteiger partial charge in [-0.05, 0) is 38.5 Å². The Morgan fingerprint density at radius 1 is 0.614 bits per heavy atom. The molecule has 0 amide bonds. The van der Waals surface area contributed by atoms with E-state index in [2.05, 4.69) is 54.8 Å². The van der Waals surface area contributed by atoms with Gasteiger partial charge in [-0.15, -0.1) is 0 Å². The van der Waals surface area contributed by atoms with Crippen LogP contribution in [0.2, 0.25) is 0 Å². The van der Waals surface area contributed by atoms with Crippen LogP contribution in [0.4, 0.5) is 0 Å². The van der Waals surface area contributed by atoms with Crippen molar-refractivity contribution < 1.29 is 37.9 Å². The Hall–Kier alpha value is -2.25. The van der Waals surface area contributed by atoms with Gasteiger partial charge in [-0.25, -0.2) is 4.57 Å². The number of hydrogen-bond acceptors (Lipinski definition) is 6. The SMILES string of the molecule is CC/C=C\C/C=C\C/C=C\C/C=C\C/C=C\CC(=O)OC(COC(=O)CCCCCCCCCCCCC)COP(=O)(O)O. The molecular weight excluding hydrogens is 579 g/mol. The number of esters is 2. The molecule has 8 nitrogen and oxygen atoms in total. The van der Waals surface area contributed by atoms with Gasteiger partial charge in [0.15, 0.2) is 6.10 Å². The van der Waals surface area contributed by atoms with Gasteiger partial charge in [-0.1, -0.05) is 139 Å². The quantitative estimate of drug-likeness (QED) is 0.0360. The highest BCUT2D eigenvalue weighted by atomic mass is 31.2. The standard InChI is InChI=1S/C35H59O8P/c1-3-5-7-9-11-13-15-16-17-18-20-22-24-26-28-30-35(37)43-33(32-42-44(38,39)40)31-41-34(36)29-27-25-23-21-19-14-12-10-8-6-4-2/h5,7,11,13,16-17,20,22,26,28,33H,3-4,6,8-10,12,14-15,18-19,21,23-25,27,29-32H2,1-2H3,(H2,38,39,40)/b7-5-,13-11-,17-16-,22-20-,28-26-. The Labute approximate surface area is 267 Å². The average Bonchev–Trinajstić information content (AvgIpc) is 2.98. The number of unbranched alkanes of at least 4 members (excludes halogenated alkanes) is 10. The molecule has 1 unspecified atom stereocenters. The van der Waals surface area contributed by atoms with Gasteiger partial charge >= 0.3 is 19.8 Å². The highest BCUT2D eigenvalue weighted by Gasteiger charge is 2.22. The molecular formula is C35H59O8P. The summed E-state index contributed by atoms with van der Waals surface area (Å²) in [5.41, 5.74) is 0. The lowest BCUT2D eigenvalue weighted by Gasteiger charge is -2.18. The highest BCUT2D eigenvalue weighted by Crippen LogP contribution is 2.35. The minimum atomic E-state index is -4.77. The van der Waals surface area contributed by atoms with E-state index in [0.29, 0.717) is 12.8 Å².